The molecule has 9 heteroatoms. The number of carbonyl (C=O) groups is 2. The van der Waals surface area contributed by atoms with E-state index in [1.807, 2.05) is 52.0 Å². The Kier molecular flexibility index (Phi) is 14.5. The third-order valence-electron chi connectivity index (χ3n) is 8.35. The molecule has 0 radical (unpaired) electrons. The van der Waals surface area contributed by atoms with Crippen molar-refractivity contribution in [3.05, 3.63) is 47.6 Å². The summed E-state index contributed by atoms with van der Waals surface area (Å²) >= 11 is 0. The van der Waals surface area contributed by atoms with Crippen molar-refractivity contribution in [2.24, 2.45) is 23.7 Å². The fourth-order valence-corrected chi connectivity index (χ4v) is 5.18. The van der Waals surface area contributed by atoms with Crippen molar-refractivity contribution in [1.82, 2.24) is 5.32 Å². The first-order valence-corrected chi connectivity index (χ1v) is 15.1. The number of phenolic OH excluding ortho intramolecular Hbond substituents is 1. The maximum Gasteiger partial charge on any atom is 0.342 e. The maximum atomic E-state index is 13.4. The van der Waals surface area contributed by atoms with E-state index in [1.165, 1.54) is 13.2 Å². The second-order valence-corrected chi connectivity index (χ2v) is 11.7. The van der Waals surface area contributed by atoms with E-state index in [2.05, 4.69) is 5.32 Å². The first-order valence-electron chi connectivity index (χ1n) is 15.1. The summed E-state index contributed by atoms with van der Waals surface area (Å²) in [6.45, 7) is 9.68. The van der Waals surface area contributed by atoms with E-state index >= 15 is 0 Å². The van der Waals surface area contributed by atoms with Crippen LogP contribution in [0, 0.1) is 23.7 Å². The van der Waals surface area contributed by atoms with Crippen LogP contribution in [0.3, 0.4) is 0 Å². The molecular formula is C33H51NO8. The molecule has 0 bridgehead atoms. The highest BCUT2D eigenvalue weighted by Gasteiger charge is 2.32. The first kappa shape index (κ1) is 35.3. The number of fused-ring (bicyclic) bond motifs is 1. The van der Waals surface area contributed by atoms with Gasteiger partial charge < -0.3 is 35.2 Å². The van der Waals surface area contributed by atoms with Crippen LogP contribution in [-0.2, 0) is 16.0 Å². The molecule has 0 unspecified atom stereocenters. The second kappa shape index (κ2) is 17.3. The first-order chi connectivity index (χ1) is 19.9. The lowest BCUT2D eigenvalue weighted by Crippen LogP contribution is -2.37. The van der Waals surface area contributed by atoms with Gasteiger partial charge in [-0.2, -0.15) is 0 Å². The monoisotopic (exact) mass is 589 g/mol. The Morgan fingerprint density at radius 1 is 1.17 bits per heavy atom. The van der Waals surface area contributed by atoms with Gasteiger partial charge in [0.05, 0.1) is 31.3 Å². The summed E-state index contributed by atoms with van der Waals surface area (Å²) in [6, 6.07) is 2.98. The molecule has 0 aliphatic carbocycles. The van der Waals surface area contributed by atoms with Gasteiger partial charge in [0, 0.05) is 24.9 Å². The molecule has 9 nitrogen and oxygen atoms in total. The van der Waals surface area contributed by atoms with Crippen LogP contribution in [0.4, 0.5) is 0 Å². The molecule has 0 saturated carbocycles. The van der Waals surface area contributed by atoms with Crippen molar-refractivity contribution in [2.45, 2.75) is 97.6 Å². The van der Waals surface area contributed by atoms with Gasteiger partial charge in [0.1, 0.15) is 23.2 Å². The molecule has 1 aromatic carbocycles. The zero-order valence-corrected chi connectivity index (χ0v) is 26.0. The lowest BCUT2D eigenvalue weighted by molar-refractivity contribution is -0.127. The number of phenols is 1. The number of carbonyl (C=O) groups excluding carboxylic acids is 2. The average molecular weight is 590 g/mol. The lowest BCUT2D eigenvalue weighted by atomic mass is 9.85. The third-order valence-corrected chi connectivity index (χ3v) is 8.35. The Morgan fingerprint density at radius 3 is 2.52 bits per heavy atom. The van der Waals surface area contributed by atoms with E-state index in [4.69, 9.17) is 9.47 Å². The summed E-state index contributed by atoms with van der Waals surface area (Å²) in [5, 5.41) is 45.5. The minimum atomic E-state index is -0.794. The van der Waals surface area contributed by atoms with E-state index in [1.54, 1.807) is 13.0 Å². The van der Waals surface area contributed by atoms with E-state index in [-0.39, 0.29) is 35.5 Å². The van der Waals surface area contributed by atoms with Crippen molar-refractivity contribution in [3.8, 4) is 11.5 Å². The predicted molar refractivity (Wildman–Crippen MR) is 162 cm³/mol. The van der Waals surface area contributed by atoms with E-state index in [9.17, 15) is 30.0 Å². The Bertz CT molecular complexity index is 1070. The van der Waals surface area contributed by atoms with Crippen molar-refractivity contribution in [2.75, 3.05) is 13.7 Å². The number of aliphatic hydroxyl groups is 3. The Labute approximate surface area is 250 Å². The zero-order valence-electron chi connectivity index (χ0n) is 26.0. The lowest BCUT2D eigenvalue weighted by Gasteiger charge is -2.31. The number of aliphatic hydroxyl groups excluding tert-OH is 3. The van der Waals surface area contributed by atoms with Crippen LogP contribution in [0.15, 0.2) is 36.4 Å². The number of benzene rings is 1. The summed E-state index contributed by atoms with van der Waals surface area (Å²) in [5.41, 5.74) is 0.431. The normalized spacial score (nSPS) is 24.2. The number of hydrogen-bond acceptors (Lipinski definition) is 8. The number of aromatic hydroxyl groups is 1. The predicted octanol–water partition coefficient (Wildman–Crippen LogP) is 4.31. The number of rotatable bonds is 12. The van der Waals surface area contributed by atoms with Crippen molar-refractivity contribution in [3.63, 3.8) is 0 Å². The van der Waals surface area contributed by atoms with Gasteiger partial charge in [-0.15, -0.1) is 0 Å². The molecule has 1 aromatic rings. The van der Waals surface area contributed by atoms with Gasteiger partial charge in [-0.3, -0.25) is 4.79 Å². The highest BCUT2D eigenvalue weighted by atomic mass is 16.5. The quantitative estimate of drug-likeness (QED) is 0.179. The summed E-state index contributed by atoms with van der Waals surface area (Å²) in [4.78, 5) is 25.6. The topological polar surface area (TPSA) is 146 Å². The smallest absolute Gasteiger partial charge is 0.342 e. The molecule has 0 aromatic heterocycles. The molecule has 5 N–H and O–H groups in total. The number of esters is 1. The number of ether oxygens (including phenoxy) is 2. The Hall–Kier alpha value is -2.88. The van der Waals surface area contributed by atoms with Crippen LogP contribution in [0.5, 0.6) is 11.5 Å². The van der Waals surface area contributed by atoms with Gasteiger partial charge in [0.2, 0.25) is 5.91 Å². The standard InChI is InChI=1S/C33H51NO8/c1-7-12-26(35)22(4)32(39)34-16-11-10-14-21(3)31(38)23(5)29-15-9-8-13-20(2)27(36)18-24-17-25(41-6)19-28(37)30(24)33(40)42-29/h8-11,17,19-23,26-27,29,31,35-38H,7,12-16,18H2,1-6H3,(H,34,39)/b9-8-,11-10-/t20-,21+,22+,23+,26+,27+,29-,31+/m0/s1. The van der Waals surface area contributed by atoms with Crippen LogP contribution < -0.4 is 10.1 Å². The van der Waals surface area contributed by atoms with E-state index in [0.29, 0.717) is 43.5 Å². The summed E-state index contributed by atoms with van der Waals surface area (Å²) < 4.78 is 11.2. The van der Waals surface area contributed by atoms with Crippen molar-refractivity contribution < 1.29 is 39.5 Å². The zero-order chi connectivity index (χ0) is 31.4. The van der Waals surface area contributed by atoms with Crippen LogP contribution in [0.25, 0.3) is 0 Å². The van der Waals surface area contributed by atoms with Gasteiger partial charge in [-0.05, 0) is 49.1 Å². The molecule has 236 valence electrons. The van der Waals surface area contributed by atoms with E-state index in [0.717, 1.165) is 6.42 Å². The highest BCUT2D eigenvalue weighted by molar-refractivity contribution is 5.94. The molecule has 2 rings (SSSR count). The minimum absolute atomic E-state index is 0.00662. The molecule has 0 spiro atoms. The molecule has 0 fully saturated rings. The number of allylic oxidation sites excluding steroid dienone is 2. The van der Waals surface area contributed by atoms with Crippen LogP contribution in [0.1, 0.15) is 82.6 Å². The second-order valence-electron chi connectivity index (χ2n) is 11.7. The molecule has 1 aliphatic heterocycles. The van der Waals surface area contributed by atoms with Gasteiger partial charge in [-0.1, -0.05) is 65.3 Å². The number of amides is 1. The molecular weight excluding hydrogens is 538 g/mol. The molecule has 8 atom stereocenters. The average Bonchev–Trinajstić information content (AvgIpc) is 2.95. The van der Waals surface area contributed by atoms with Gasteiger partial charge in [0.25, 0.3) is 0 Å². The number of cyclic esters (lactones) is 1. The van der Waals surface area contributed by atoms with Crippen molar-refractivity contribution in [1.29, 1.82) is 0 Å². The van der Waals surface area contributed by atoms with E-state index < -0.39 is 42.2 Å². The van der Waals surface area contributed by atoms with Gasteiger partial charge in [0.15, 0.2) is 0 Å². The molecule has 1 aliphatic rings. The molecule has 0 saturated heterocycles. The number of methoxy groups -OCH3 is 1. The number of nitrogens with one attached hydrogen (secondary N) is 1. The largest absolute Gasteiger partial charge is 0.507 e. The third kappa shape index (κ3) is 10.1. The van der Waals surface area contributed by atoms with Crippen LogP contribution in [0.2, 0.25) is 0 Å². The van der Waals surface area contributed by atoms with Gasteiger partial charge in [-0.25, -0.2) is 4.79 Å². The summed E-state index contributed by atoms with van der Waals surface area (Å²) in [6.07, 6.45) is 7.82. The Balaban J connectivity index is 2.10. The highest BCUT2D eigenvalue weighted by Crippen LogP contribution is 2.33. The molecule has 1 amide bonds. The van der Waals surface area contributed by atoms with Crippen LogP contribution in [-0.4, -0.2) is 70.4 Å². The maximum absolute atomic E-state index is 13.4. The fraction of sp³-hybridized carbons (Fsp3) is 0.636. The van der Waals surface area contributed by atoms with Crippen LogP contribution >= 0.6 is 0 Å². The molecule has 1 heterocycles. The summed E-state index contributed by atoms with van der Waals surface area (Å²) in [5.74, 6) is -1.98. The summed E-state index contributed by atoms with van der Waals surface area (Å²) in [7, 11) is 1.46. The molecule has 42 heavy (non-hydrogen) atoms. The number of hydrogen-bond donors (Lipinski definition) is 5. The minimum Gasteiger partial charge on any atom is -0.507 e. The SMILES string of the molecule is CCC[C@@H](O)[C@@H](C)C(=O)NC/C=C\C[C@@H](C)[C@@H](O)[C@H](C)[C@@H]1C/C=C\C[C@H](C)[C@H](O)Cc2cc(OC)cc(O)c2C(=O)O1. The van der Waals surface area contributed by atoms with Gasteiger partial charge >= 0.3 is 5.97 Å². The van der Waals surface area contributed by atoms with Crippen molar-refractivity contribution >= 4 is 11.9 Å². The Morgan fingerprint density at radius 2 is 1.86 bits per heavy atom. The fourth-order valence-electron chi connectivity index (χ4n) is 5.18.